The minimum atomic E-state index is -0.329. The van der Waals surface area contributed by atoms with E-state index >= 15 is 0 Å². The number of ketones is 1. The number of hydrogen-bond acceptors (Lipinski definition) is 4. The number of nitrogens with one attached hydrogen (secondary N) is 1. The van der Waals surface area contributed by atoms with Crippen molar-refractivity contribution in [3.8, 4) is 0 Å². The van der Waals surface area contributed by atoms with Gasteiger partial charge in [-0.3, -0.25) is 9.59 Å². The third-order valence-electron chi connectivity index (χ3n) is 5.24. The molecule has 1 amide bonds. The number of hydrogen-bond donors (Lipinski definition) is 1. The molecule has 1 aromatic carbocycles. The summed E-state index contributed by atoms with van der Waals surface area (Å²) < 4.78 is 2.05. The van der Waals surface area contributed by atoms with Crippen LogP contribution in [0.15, 0.2) is 36.9 Å². The molecule has 1 fully saturated rings. The van der Waals surface area contributed by atoms with Gasteiger partial charge in [0.1, 0.15) is 12.7 Å². The van der Waals surface area contributed by atoms with Crippen LogP contribution in [-0.2, 0) is 4.79 Å². The van der Waals surface area contributed by atoms with E-state index in [9.17, 15) is 9.59 Å². The summed E-state index contributed by atoms with van der Waals surface area (Å²) in [4.78, 5) is 24.7. The van der Waals surface area contributed by atoms with Crippen LogP contribution in [0.3, 0.4) is 0 Å². The highest BCUT2D eigenvalue weighted by molar-refractivity contribution is 6.06. The van der Waals surface area contributed by atoms with E-state index < -0.39 is 0 Å². The van der Waals surface area contributed by atoms with Crippen LogP contribution in [-0.4, -0.2) is 32.5 Å². The minimum absolute atomic E-state index is 0.0129. The lowest BCUT2D eigenvalue weighted by molar-refractivity contribution is -0.123. The molecule has 0 aliphatic heterocycles. The van der Waals surface area contributed by atoms with Crippen molar-refractivity contribution in [3.05, 3.63) is 48.0 Å². The molecule has 1 aromatic heterocycles. The van der Waals surface area contributed by atoms with Crippen LogP contribution in [0.25, 0.3) is 0 Å². The van der Waals surface area contributed by atoms with Crippen molar-refractivity contribution in [3.63, 3.8) is 0 Å². The average molecular weight is 324 g/mol. The first-order valence-corrected chi connectivity index (χ1v) is 8.49. The van der Waals surface area contributed by atoms with Crippen molar-refractivity contribution in [2.45, 2.75) is 50.1 Å². The van der Waals surface area contributed by atoms with E-state index in [-0.39, 0.29) is 23.7 Å². The third kappa shape index (κ3) is 2.72. The lowest BCUT2D eigenvalue weighted by Crippen LogP contribution is -2.40. The molecule has 24 heavy (non-hydrogen) atoms. The van der Waals surface area contributed by atoms with Gasteiger partial charge in [-0.2, -0.15) is 0 Å². The topological polar surface area (TPSA) is 76.9 Å². The number of nitrogens with zero attached hydrogens (tertiary/aromatic N) is 3. The van der Waals surface area contributed by atoms with Crippen molar-refractivity contribution >= 4 is 11.7 Å². The highest BCUT2D eigenvalue weighted by Crippen LogP contribution is 2.34. The van der Waals surface area contributed by atoms with Gasteiger partial charge in [0.15, 0.2) is 5.78 Å². The van der Waals surface area contributed by atoms with E-state index in [4.69, 9.17) is 0 Å². The molecule has 1 N–H and O–H groups in total. The van der Waals surface area contributed by atoms with Crippen LogP contribution >= 0.6 is 0 Å². The van der Waals surface area contributed by atoms with Gasteiger partial charge in [-0.1, -0.05) is 24.3 Å². The van der Waals surface area contributed by atoms with Gasteiger partial charge in [-0.25, -0.2) is 0 Å². The van der Waals surface area contributed by atoms with Gasteiger partial charge < -0.3 is 9.88 Å². The molecule has 6 heteroatoms. The quantitative estimate of drug-likeness (QED) is 0.939. The number of rotatable bonds is 3. The Bertz CT molecular complexity index is 748. The van der Waals surface area contributed by atoms with E-state index in [2.05, 4.69) is 15.5 Å². The predicted molar refractivity (Wildman–Crippen MR) is 87.6 cm³/mol. The molecule has 1 atom stereocenters. The highest BCUT2D eigenvalue weighted by Gasteiger charge is 2.35. The first-order valence-electron chi connectivity index (χ1n) is 8.49. The van der Waals surface area contributed by atoms with Crippen molar-refractivity contribution in [1.82, 2.24) is 20.1 Å². The normalized spacial score (nSPS) is 26.2. The Balaban J connectivity index is 1.37. The predicted octanol–water partition coefficient (Wildman–Crippen LogP) is 2.25. The fourth-order valence-electron chi connectivity index (χ4n) is 3.91. The smallest absolute Gasteiger partial charge is 0.228 e. The second-order valence-corrected chi connectivity index (χ2v) is 6.69. The molecule has 2 aliphatic carbocycles. The monoisotopic (exact) mass is 324 g/mol. The molecule has 1 heterocycles. The lowest BCUT2D eigenvalue weighted by Gasteiger charge is -2.30. The standard InChI is InChI=1S/C18H20N4O2/c23-17-9-16(14-3-1-2-4-15(14)17)18(24)21-12-5-7-13(8-6-12)22-10-19-20-11-22/h1-4,10-13,16H,5-9H2,(H,21,24)/t12?,13?,16-/m0/s1. The average Bonchev–Trinajstić information content (AvgIpc) is 3.25. The van der Waals surface area contributed by atoms with Crippen LogP contribution in [0.2, 0.25) is 0 Å². The molecule has 0 unspecified atom stereocenters. The van der Waals surface area contributed by atoms with Gasteiger partial charge in [0.2, 0.25) is 5.91 Å². The van der Waals surface area contributed by atoms with E-state index in [1.807, 2.05) is 28.8 Å². The van der Waals surface area contributed by atoms with Gasteiger partial charge in [-0.15, -0.1) is 10.2 Å². The first kappa shape index (κ1) is 15.1. The molecule has 1 saturated carbocycles. The number of fused-ring (bicyclic) bond motifs is 1. The summed E-state index contributed by atoms with van der Waals surface area (Å²) in [5, 5.41) is 10.9. The van der Waals surface area contributed by atoms with E-state index in [1.54, 1.807) is 12.7 Å². The van der Waals surface area contributed by atoms with E-state index in [0.29, 0.717) is 18.0 Å². The highest BCUT2D eigenvalue weighted by atomic mass is 16.2. The molecule has 6 nitrogen and oxygen atoms in total. The number of Topliss-reactive ketones (excluding diaryl/α,β-unsaturated/α-hetero) is 1. The molecule has 2 aliphatic rings. The third-order valence-corrected chi connectivity index (χ3v) is 5.24. The van der Waals surface area contributed by atoms with Crippen LogP contribution in [0.4, 0.5) is 0 Å². The molecule has 0 bridgehead atoms. The van der Waals surface area contributed by atoms with Crippen LogP contribution in [0, 0.1) is 0 Å². The Morgan fingerprint density at radius 1 is 1.08 bits per heavy atom. The summed E-state index contributed by atoms with van der Waals surface area (Å²) >= 11 is 0. The fourth-order valence-corrected chi connectivity index (χ4v) is 3.91. The van der Waals surface area contributed by atoms with Crippen LogP contribution in [0.1, 0.15) is 60.0 Å². The largest absolute Gasteiger partial charge is 0.353 e. The zero-order valence-corrected chi connectivity index (χ0v) is 13.4. The van der Waals surface area contributed by atoms with Crippen molar-refractivity contribution < 1.29 is 9.59 Å². The number of amides is 1. The Morgan fingerprint density at radius 3 is 2.54 bits per heavy atom. The summed E-state index contributed by atoms with van der Waals surface area (Å²) in [6, 6.07) is 8.06. The Hall–Kier alpha value is -2.50. The molecule has 0 radical (unpaired) electrons. The van der Waals surface area contributed by atoms with Crippen molar-refractivity contribution in [2.75, 3.05) is 0 Å². The lowest BCUT2D eigenvalue weighted by atomic mass is 9.90. The molecular formula is C18H20N4O2. The van der Waals surface area contributed by atoms with Crippen LogP contribution < -0.4 is 5.32 Å². The SMILES string of the molecule is O=C1C[C@H](C(=O)NC2CCC(n3cnnc3)CC2)c2ccccc21. The van der Waals surface area contributed by atoms with Gasteiger partial charge >= 0.3 is 0 Å². The maximum absolute atomic E-state index is 12.6. The number of aromatic nitrogens is 3. The molecule has 4 rings (SSSR count). The zero-order valence-electron chi connectivity index (χ0n) is 13.4. The summed E-state index contributed by atoms with van der Waals surface area (Å²) in [6.45, 7) is 0. The molecule has 0 spiro atoms. The van der Waals surface area contributed by atoms with Crippen molar-refractivity contribution in [1.29, 1.82) is 0 Å². The zero-order chi connectivity index (χ0) is 16.5. The second kappa shape index (κ2) is 6.19. The molecule has 124 valence electrons. The molecular weight excluding hydrogens is 304 g/mol. The van der Waals surface area contributed by atoms with Gasteiger partial charge in [0.25, 0.3) is 0 Å². The van der Waals surface area contributed by atoms with Gasteiger partial charge in [-0.05, 0) is 31.2 Å². The number of benzene rings is 1. The summed E-state index contributed by atoms with van der Waals surface area (Å²) in [6.07, 6.45) is 7.69. The number of carbonyl (C=O) groups is 2. The fraction of sp³-hybridized carbons (Fsp3) is 0.444. The summed E-state index contributed by atoms with van der Waals surface area (Å²) in [5.41, 5.74) is 1.58. The Morgan fingerprint density at radius 2 is 1.79 bits per heavy atom. The number of carbonyl (C=O) groups excluding carboxylic acids is 2. The van der Waals surface area contributed by atoms with Gasteiger partial charge in [0.05, 0.1) is 5.92 Å². The maximum atomic E-state index is 12.6. The minimum Gasteiger partial charge on any atom is -0.353 e. The molecule has 0 saturated heterocycles. The van der Waals surface area contributed by atoms with E-state index in [0.717, 1.165) is 31.2 Å². The summed E-state index contributed by atoms with van der Waals surface area (Å²) in [5.74, 6) is -0.271. The summed E-state index contributed by atoms with van der Waals surface area (Å²) in [7, 11) is 0. The molecule has 2 aromatic rings. The maximum Gasteiger partial charge on any atom is 0.228 e. The first-order chi connectivity index (χ1) is 11.7. The Kier molecular flexibility index (Phi) is 3.88. The van der Waals surface area contributed by atoms with Gasteiger partial charge in [0, 0.05) is 24.1 Å². The Labute approximate surface area is 140 Å². The van der Waals surface area contributed by atoms with E-state index in [1.165, 1.54) is 0 Å². The van der Waals surface area contributed by atoms with Crippen molar-refractivity contribution in [2.24, 2.45) is 0 Å². The van der Waals surface area contributed by atoms with Crippen LogP contribution in [0.5, 0.6) is 0 Å². The second-order valence-electron chi connectivity index (χ2n) is 6.69.